The molecule has 0 amide bonds. The molecule has 1 N–H and O–H groups in total. The van der Waals surface area contributed by atoms with Crippen LogP contribution in [0.2, 0.25) is 0 Å². The zero-order valence-corrected chi connectivity index (χ0v) is 17.1. The maximum Gasteiger partial charge on any atom is 0.315 e. The Kier molecular flexibility index (Phi) is 3.63. The van der Waals surface area contributed by atoms with Crippen LogP contribution in [0.25, 0.3) is 0 Å². The van der Waals surface area contributed by atoms with Crippen LogP contribution in [0, 0.1) is 23.7 Å². The SMILES string of the molecule is C[C@@H]1CC[C@H]2[C@H](C[NH+]3CCc4ccccc4C3)C(=O)O[C@]23[C@H]1CC[C@@]1(C)O[C@@H]31. The second kappa shape index (κ2) is 5.82. The predicted molar refractivity (Wildman–Crippen MR) is 105 cm³/mol. The molecule has 3 heterocycles. The number of carbonyl (C=O) groups is 1. The van der Waals surface area contributed by atoms with Crippen molar-refractivity contribution in [2.75, 3.05) is 13.1 Å². The van der Waals surface area contributed by atoms with Crippen LogP contribution in [0.15, 0.2) is 24.3 Å². The maximum atomic E-state index is 13.2. The largest absolute Gasteiger partial charge is 0.455 e. The molecule has 1 aromatic rings. The van der Waals surface area contributed by atoms with E-state index in [1.54, 1.807) is 4.90 Å². The quantitative estimate of drug-likeness (QED) is 0.630. The van der Waals surface area contributed by atoms with Crippen LogP contribution in [0.4, 0.5) is 0 Å². The number of fused-ring (bicyclic) bond motifs is 2. The van der Waals surface area contributed by atoms with Gasteiger partial charge in [-0.25, -0.2) is 0 Å². The molecule has 28 heavy (non-hydrogen) atoms. The highest BCUT2D eigenvalue weighted by atomic mass is 16.7. The van der Waals surface area contributed by atoms with Gasteiger partial charge in [0.15, 0.2) is 0 Å². The van der Waals surface area contributed by atoms with Crippen LogP contribution >= 0.6 is 0 Å². The second-order valence-electron chi connectivity index (χ2n) is 10.4. The van der Waals surface area contributed by atoms with Gasteiger partial charge in [0, 0.05) is 23.8 Å². The van der Waals surface area contributed by atoms with Crippen molar-refractivity contribution in [1.29, 1.82) is 0 Å². The van der Waals surface area contributed by atoms with Crippen LogP contribution in [-0.2, 0) is 27.2 Å². The minimum absolute atomic E-state index is 0.0433. The van der Waals surface area contributed by atoms with E-state index in [1.165, 1.54) is 17.5 Å². The van der Waals surface area contributed by atoms with Gasteiger partial charge in [0.05, 0.1) is 18.7 Å². The summed E-state index contributed by atoms with van der Waals surface area (Å²) in [5, 5.41) is 0. The fourth-order valence-corrected chi connectivity index (χ4v) is 7.41. The molecular formula is C24H32NO3+. The van der Waals surface area contributed by atoms with Gasteiger partial charge in [-0.15, -0.1) is 0 Å². The Bertz CT molecular complexity index is 824. The summed E-state index contributed by atoms with van der Waals surface area (Å²) in [5.41, 5.74) is 2.56. The molecule has 0 aromatic heterocycles. The molecule has 0 bridgehead atoms. The summed E-state index contributed by atoms with van der Waals surface area (Å²) in [6.45, 7) is 7.67. The predicted octanol–water partition coefficient (Wildman–Crippen LogP) is 2.15. The number of esters is 1. The number of nitrogens with one attached hydrogen (secondary N) is 1. The third-order valence-electron chi connectivity index (χ3n) is 8.91. The third kappa shape index (κ3) is 2.28. The maximum absolute atomic E-state index is 13.2. The molecule has 150 valence electrons. The van der Waals surface area contributed by atoms with E-state index in [0.717, 1.165) is 45.3 Å². The van der Waals surface area contributed by atoms with Crippen molar-refractivity contribution in [1.82, 2.24) is 0 Å². The topological polar surface area (TPSA) is 43.3 Å². The molecule has 2 saturated heterocycles. The summed E-state index contributed by atoms with van der Waals surface area (Å²) in [7, 11) is 0. The highest BCUT2D eigenvalue weighted by Crippen LogP contribution is 2.66. The zero-order chi connectivity index (χ0) is 19.1. The first-order valence-corrected chi connectivity index (χ1v) is 11.3. The second-order valence-corrected chi connectivity index (χ2v) is 10.4. The van der Waals surface area contributed by atoms with Crippen LogP contribution in [0.3, 0.4) is 0 Å². The van der Waals surface area contributed by atoms with Crippen molar-refractivity contribution in [2.45, 2.75) is 69.8 Å². The summed E-state index contributed by atoms with van der Waals surface area (Å²) in [6.07, 6.45) is 5.87. The molecule has 2 aliphatic carbocycles. The molecule has 5 aliphatic rings. The van der Waals surface area contributed by atoms with Gasteiger partial charge in [-0.2, -0.15) is 0 Å². The Morgan fingerprint density at radius 1 is 1.14 bits per heavy atom. The van der Waals surface area contributed by atoms with E-state index >= 15 is 0 Å². The lowest BCUT2D eigenvalue weighted by molar-refractivity contribution is -0.918. The Hall–Kier alpha value is -1.39. The average Bonchev–Trinajstić information content (AvgIpc) is 3.32. The van der Waals surface area contributed by atoms with Gasteiger partial charge >= 0.3 is 5.97 Å². The van der Waals surface area contributed by atoms with Crippen molar-refractivity contribution in [2.24, 2.45) is 23.7 Å². The van der Waals surface area contributed by atoms with Gasteiger partial charge in [0.1, 0.15) is 24.2 Å². The Morgan fingerprint density at radius 3 is 2.82 bits per heavy atom. The molecule has 8 atom stereocenters. The minimum atomic E-state index is -0.334. The fraction of sp³-hybridized carbons (Fsp3) is 0.708. The monoisotopic (exact) mass is 382 g/mol. The van der Waals surface area contributed by atoms with Crippen LogP contribution in [0.1, 0.15) is 50.7 Å². The smallest absolute Gasteiger partial charge is 0.315 e. The van der Waals surface area contributed by atoms with E-state index in [9.17, 15) is 4.79 Å². The highest BCUT2D eigenvalue weighted by molar-refractivity contribution is 5.77. The summed E-state index contributed by atoms with van der Waals surface area (Å²) in [5.74, 6) is 1.57. The van der Waals surface area contributed by atoms with Gasteiger partial charge in [0.25, 0.3) is 0 Å². The highest BCUT2D eigenvalue weighted by Gasteiger charge is 2.77. The Labute approximate surface area is 167 Å². The van der Waals surface area contributed by atoms with Gasteiger partial charge in [-0.05, 0) is 44.1 Å². The Morgan fingerprint density at radius 2 is 1.96 bits per heavy atom. The number of benzene rings is 1. The summed E-state index contributed by atoms with van der Waals surface area (Å²) in [6, 6.07) is 8.79. The molecule has 0 radical (unpaired) electrons. The fourth-order valence-electron chi connectivity index (χ4n) is 7.41. The molecule has 4 nitrogen and oxygen atoms in total. The van der Waals surface area contributed by atoms with Crippen molar-refractivity contribution < 1.29 is 19.2 Å². The number of quaternary nitrogens is 1. The average molecular weight is 383 g/mol. The number of rotatable bonds is 2. The molecule has 1 unspecified atom stereocenters. The summed E-state index contributed by atoms with van der Waals surface area (Å²) >= 11 is 0. The van der Waals surface area contributed by atoms with E-state index in [0.29, 0.717) is 17.8 Å². The molecule has 6 rings (SSSR count). The van der Waals surface area contributed by atoms with Crippen molar-refractivity contribution in [3.05, 3.63) is 35.4 Å². The first-order valence-electron chi connectivity index (χ1n) is 11.3. The van der Waals surface area contributed by atoms with Gasteiger partial charge in [-0.3, -0.25) is 4.79 Å². The van der Waals surface area contributed by atoms with Crippen molar-refractivity contribution in [3.8, 4) is 0 Å². The van der Waals surface area contributed by atoms with E-state index in [-0.39, 0.29) is 29.2 Å². The van der Waals surface area contributed by atoms with Gasteiger partial charge in [-0.1, -0.05) is 31.2 Å². The minimum Gasteiger partial charge on any atom is -0.455 e. The molecule has 1 spiro atoms. The van der Waals surface area contributed by atoms with Gasteiger partial charge in [0.2, 0.25) is 0 Å². The normalized spacial score (nSPS) is 48.7. The Balaban J connectivity index is 1.28. The van der Waals surface area contributed by atoms with E-state index in [2.05, 4.69) is 38.1 Å². The first-order chi connectivity index (χ1) is 13.5. The molecule has 4 heteroatoms. The van der Waals surface area contributed by atoms with Crippen LogP contribution in [0.5, 0.6) is 0 Å². The molecule has 2 saturated carbocycles. The summed E-state index contributed by atoms with van der Waals surface area (Å²) < 4.78 is 12.6. The molecule has 1 aromatic carbocycles. The summed E-state index contributed by atoms with van der Waals surface area (Å²) in [4.78, 5) is 14.7. The lowest BCUT2D eigenvalue weighted by atomic mass is 9.55. The van der Waals surface area contributed by atoms with E-state index < -0.39 is 0 Å². The standard InChI is InChI=1S/C24H31NO3/c1-15-7-8-20-18(14-25-12-10-16-5-3-4-6-17(16)13-25)21(26)27-24(20)19(15)9-11-23(2)22(24)28-23/h3-6,15,18-20,22H,7-14H2,1-2H3/p+1/t15-,18+,19+,20+,22-,23-,24-/m1/s1. The van der Waals surface area contributed by atoms with Gasteiger partial charge < -0.3 is 14.4 Å². The third-order valence-corrected chi connectivity index (χ3v) is 8.91. The zero-order valence-electron chi connectivity index (χ0n) is 17.1. The molecular weight excluding hydrogens is 350 g/mol. The molecule has 3 aliphatic heterocycles. The number of ether oxygens (including phenoxy) is 2. The lowest BCUT2D eigenvalue weighted by Crippen LogP contribution is -3.12. The van der Waals surface area contributed by atoms with Crippen LogP contribution in [-0.4, -0.2) is 36.4 Å². The molecule has 4 fully saturated rings. The number of carbonyl (C=O) groups excluding carboxylic acids is 1. The van der Waals surface area contributed by atoms with Crippen molar-refractivity contribution in [3.63, 3.8) is 0 Å². The number of hydrogen-bond donors (Lipinski definition) is 1. The first kappa shape index (κ1) is 17.5. The lowest BCUT2D eigenvalue weighted by Gasteiger charge is -2.50. The van der Waals surface area contributed by atoms with Crippen molar-refractivity contribution >= 4 is 5.97 Å². The van der Waals surface area contributed by atoms with Crippen LogP contribution < -0.4 is 4.90 Å². The van der Waals surface area contributed by atoms with E-state index in [4.69, 9.17) is 9.47 Å². The number of hydrogen-bond acceptors (Lipinski definition) is 3. The number of epoxide rings is 1. The van der Waals surface area contributed by atoms with E-state index in [1.807, 2.05) is 0 Å².